The number of rotatable bonds is 3. The molecule has 0 bridgehead atoms. The minimum atomic E-state index is -0.522. The largest absolute Gasteiger partial charge is 0.370 e. The van der Waals surface area contributed by atoms with E-state index in [2.05, 4.69) is 0 Å². The molecule has 15 heavy (non-hydrogen) atoms. The first-order valence-corrected chi connectivity index (χ1v) is 6.22. The number of Topliss-reactive ketones (excluding diaryl/α,β-unsaturated/α-hetero) is 1. The molecule has 1 aromatic rings. The Balaban J connectivity index is 2.30. The summed E-state index contributed by atoms with van der Waals surface area (Å²) in [5.74, 6) is 0.182. The number of ketones is 1. The van der Waals surface area contributed by atoms with Crippen molar-refractivity contribution in [3.05, 3.63) is 21.9 Å². The summed E-state index contributed by atoms with van der Waals surface area (Å²) in [6.07, 6.45) is 3.95. The second-order valence-corrected chi connectivity index (χ2v) is 5.25. The van der Waals surface area contributed by atoms with Gasteiger partial charge < -0.3 is 4.74 Å². The van der Waals surface area contributed by atoms with Crippen LogP contribution < -0.4 is 0 Å². The van der Waals surface area contributed by atoms with Crippen LogP contribution in [0, 0.1) is 6.92 Å². The van der Waals surface area contributed by atoms with E-state index in [0.717, 1.165) is 36.1 Å². The molecule has 1 aromatic heterocycles. The van der Waals surface area contributed by atoms with Gasteiger partial charge in [0.05, 0.1) is 0 Å². The van der Waals surface area contributed by atoms with Crippen LogP contribution in [0.15, 0.2) is 11.4 Å². The number of thiophene rings is 1. The Morgan fingerprint density at radius 1 is 1.47 bits per heavy atom. The van der Waals surface area contributed by atoms with Crippen molar-refractivity contribution in [2.45, 2.75) is 38.2 Å². The first kappa shape index (κ1) is 10.8. The lowest BCUT2D eigenvalue weighted by molar-refractivity contribution is 0.00601. The molecule has 0 aromatic carbocycles. The zero-order chi connectivity index (χ0) is 10.9. The highest BCUT2D eigenvalue weighted by Crippen LogP contribution is 2.36. The SMILES string of the molecule is COC1(C(=O)c2ccsc2C)CCCC1. The maximum Gasteiger partial charge on any atom is 0.195 e. The monoisotopic (exact) mass is 224 g/mol. The van der Waals surface area contributed by atoms with Crippen molar-refractivity contribution < 1.29 is 9.53 Å². The van der Waals surface area contributed by atoms with E-state index in [9.17, 15) is 4.79 Å². The van der Waals surface area contributed by atoms with E-state index in [1.807, 2.05) is 18.4 Å². The lowest BCUT2D eigenvalue weighted by atomic mass is 9.91. The van der Waals surface area contributed by atoms with Gasteiger partial charge in [-0.1, -0.05) is 0 Å². The highest BCUT2D eigenvalue weighted by molar-refractivity contribution is 7.10. The molecule has 0 atom stereocenters. The first-order chi connectivity index (χ1) is 7.19. The Kier molecular flexibility index (Phi) is 2.94. The molecule has 0 radical (unpaired) electrons. The van der Waals surface area contributed by atoms with Crippen molar-refractivity contribution in [2.24, 2.45) is 0 Å². The van der Waals surface area contributed by atoms with Gasteiger partial charge in [-0.2, -0.15) is 0 Å². The summed E-state index contributed by atoms with van der Waals surface area (Å²) < 4.78 is 5.49. The lowest BCUT2D eigenvalue weighted by Crippen LogP contribution is -2.37. The summed E-state index contributed by atoms with van der Waals surface area (Å²) in [6.45, 7) is 2.00. The van der Waals surface area contributed by atoms with Crippen LogP contribution in [0.5, 0.6) is 0 Å². The Bertz CT molecular complexity index is 361. The molecule has 2 nitrogen and oxygen atoms in total. The molecule has 0 unspecified atom stereocenters. The van der Waals surface area contributed by atoms with Gasteiger partial charge in [0.15, 0.2) is 5.78 Å². The lowest BCUT2D eigenvalue weighted by Gasteiger charge is -2.25. The van der Waals surface area contributed by atoms with E-state index in [4.69, 9.17) is 4.74 Å². The van der Waals surface area contributed by atoms with Gasteiger partial charge in [-0.25, -0.2) is 0 Å². The minimum absolute atomic E-state index is 0.182. The van der Waals surface area contributed by atoms with Crippen LogP contribution in [0.3, 0.4) is 0 Å². The zero-order valence-electron chi connectivity index (χ0n) is 9.21. The Hall–Kier alpha value is -0.670. The second kappa shape index (κ2) is 4.06. The third-order valence-electron chi connectivity index (χ3n) is 3.32. The molecule has 1 heterocycles. The molecule has 1 aliphatic rings. The van der Waals surface area contributed by atoms with E-state index in [1.165, 1.54) is 0 Å². The molecule has 0 saturated heterocycles. The molecule has 3 heteroatoms. The number of hydrogen-bond acceptors (Lipinski definition) is 3. The van der Waals surface area contributed by atoms with Gasteiger partial charge in [-0.3, -0.25) is 4.79 Å². The van der Waals surface area contributed by atoms with Crippen LogP contribution in [-0.2, 0) is 4.74 Å². The molecule has 1 aliphatic carbocycles. The van der Waals surface area contributed by atoms with Crippen LogP contribution in [0.1, 0.15) is 40.9 Å². The van der Waals surface area contributed by atoms with Crippen molar-refractivity contribution in [3.8, 4) is 0 Å². The summed E-state index contributed by atoms with van der Waals surface area (Å²) in [7, 11) is 1.66. The number of hydrogen-bond donors (Lipinski definition) is 0. The maximum atomic E-state index is 12.4. The molecule has 2 rings (SSSR count). The average Bonchev–Trinajstić information content (AvgIpc) is 2.86. The molecular weight excluding hydrogens is 208 g/mol. The van der Waals surface area contributed by atoms with Gasteiger partial charge in [0.2, 0.25) is 0 Å². The average molecular weight is 224 g/mol. The van der Waals surface area contributed by atoms with Gasteiger partial charge in [-0.05, 0) is 44.1 Å². The van der Waals surface area contributed by atoms with Crippen LogP contribution in [0.2, 0.25) is 0 Å². The number of ether oxygens (including phenoxy) is 1. The van der Waals surface area contributed by atoms with E-state index in [0.29, 0.717) is 0 Å². The Labute approximate surface area is 94.3 Å². The van der Waals surface area contributed by atoms with E-state index in [-0.39, 0.29) is 5.78 Å². The summed E-state index contributed by atoms with van der Waals surface area (Å²) >= 11 is 1.62. The van der Waals surface area contributed by atoms with Crippen LogP contribution in [-0.4, -0.2) is 18.5 Å². The fourth-order valence-electron chi connectivity index (χ4n) is 2.34. The first-order valence-electron chi connectivity index (χ1n) is 5.34. The molecule has 0 N–H and O–H groups in total. The fourth-order valence-corrected chi connectivity index (χ4v) is 3.03. The third-order valence-corrected chi connectivity index (χ3v) is 4.16. The number of aryl methyl sites for hydroxylation is 1. The number of carbonyl (C=O) groups is 1. The van der Waals surface area contributed by atoms with Crippen LogP contribution in [0.25, 0.3) is 0 Å². The van der Waals surface area contributed by atoms with E-state index in [1.54, 1.807) is 18.4 Å². The van der Waals surface area contributed by atoms with Gasteiger partial charge in [-0.15, -0.1) is 11.3 Å². The molecule has 1 fully saturated rings. The topological polar surface area (TPSA) is 26.3 Å². The number of methoxy groups -OCH3 is 1. The predicted molar refractivity (Wildman–Crippen MR) is 61.6 cm³/mol. The standard InChI is InChI=1S/C12H16O2S/c1-9-10(5-8-15-9)11(13)12(14-2)6-3-4-7-12/h5,8H,3-4,6-7H2,1-2H3. The molecule has 0 amide bonds. The van der Waals surface area contributed by atoms with Crippen molar-refractivity contribution in [3.63, 3.8) is 0 Å². The highest BCUT2D eigenvalue weighted by Gasteiger charge is 2.42. The number of carbonyl (C=O) groups excluding carboxylic acids is 1. The summed E-state index contributed by atoms with van der Waals surface area (Å²) in [6, 6.07) is 1.92. The van der Waals surface area contributed by atoms with Crippen LogP contribution in [0.4, 0.5) is 0 Å². The summed E-state index contributed by atoms with van der Waals surface area (Å²) in [5.41, 5.74) is 0.329. The summed E-state index contributed by atoms with van der Waals surface area (Å²) in [4.78, 5) is 13.5. The van der Waals surface area contributed by atoms with E-state index < -0.39 is 5.60 Å². The smallest absolute Gasteiger partial charge is 0.195 e. The molecule has 1 saturated carbocycles. The van der Waals surface area contributed by atoms with Gasteiger partial charge in [0.25, 0.3) is 0 Å². The highest BCUT2D eigenvalue weighted by atomic mass is 32.1. The maximum absolute atomic E-state index is 12.4. The molecule has 0 aliphatic heterocycles. The second-order valence-electron chi connectivity index (χ2n) is 4.13. The van der Waals surface area contributed by atoms with Gasteiger partial charge in [0, 0.05) is 17.6 Å². The molecular formula is C12H16O2S. The van der Waals surface area contributed by atoms with Gasteiger partial charge in [0.1, 0.15) is 5.60 Å². The summed E-state index contributed by atoms with van der Waals surface area (Å²) in [5, 5.41) is 1.97. The minimum Gasteiger partial charge on any atom is -0.370 e. The molecule has 82 valence electrons. The predicted octanol–water partition coefficient (Wildman–Crippen LogP) is 3.20. The van der Waals surface area contributed by atoms with Crippen molar-refractivity contribution >= 4 is 17.1 Å². The quantitative estimate of drug-likeness (QED) is 0.737. The van der Waals surface area contributed by atoms with E-state index >= 15 is 0 Å². The van der Waals surface area contributed by atoms with Crippen LogP contribution >= 0.6 is 11.3 Å². The third kappa shape index (κ3) is 1.74. The fraction of sp³-hybridized carbons (Fsp3) is 0.583. The Morgan fingerprint density at radius 3 is 2.60 bits per heavy atom. The normalized spacial score (nSPS) is 19.3. The van der Waals surface area contributed by atoms with Crippen molar-refractivity contribution in [1.29, 1.82) is 0 Å². The zero-order valence-corrected chi connectivity index (χ0v) is 10.0. The van der Waals surface area contributed by atoms with Crippen molar-refractivity contribution in [1.82, 2.24) is 0 Å². The van der Waals surface area contributed by atoms with Crippen molar-refractivity contribution in [2.75, 3.05) is 7.11 Å². The molecule has 0 spiro atoms. The Morgan fingerprint density at radius 2 is 2.13 bits per heavy atom. The van der Waals surface area contributed by atoms with Gasteiger partial charge >= 0.3 is 0 Å².